The van der Waals surface area contributed by atoms with Crippen LogP contribution in [0.1, 0.15) is 11.3 Å². The van der Waals surface area contributed by atoms with E-state index in [1.165, 1.54) is 0 Å². The first-order valence-corrected chi connectivity index (χ1v) is 4.72. The lowest BCUT2D eigenvalue weighted by Crippen LogP contribution is -2.06. The summed E-state index contributed by atoms with van der Waals surface area (Å²) in [6.07, 6.45) is -3.83. The molecule has 0 aromatic carbocycles. The van der Waals surface area contributed by atoms with Crippen LogP contribution >= 0.6 is 0 Å². The Labute approximate surface area is 80.3 Å². The zero-order valence-electron chi connectivity index (χ0n) is 6.75. The van der Waals surface area contributed by atoms with Gasteiger partial charge < -0.3 is 4.55 Å². The molecule has 1 aromatic heterocycles. The van der Waals surface area contributed by atoms with Crippen LogP contribution in [0.3, 0.4) is 0 Å². The molecule has 78 valence electrons. The molecule has 0 saturated heterocycles. The Hall–Kier alpha value is -0.950. The number of nitrogens with zero attached hydrogens (tertiary/aromatic N) is 1. The minimum absolute atomic E-state index is 0.0892. The largest absolute Gasteiger partial charge is 0.772 e. The lowest BCUT2D eigenvalue weighted by molar-refractivity contribution is -0.137. The highest BCUT2D eigenvalue weighted by atomic mass is 32.2. The van der Waals surface area contributed by atoms with E-state index >= 15 is 0 Å². The Morgan fingerprint density at radius 1 is 1.43 bits per heavy atom. The van der Waals surface area contributed by atoms with Crippen molar-refractivity contribution in [2.24, 2.45) is 0 Å². The Morgan fingerprint density at radius 2 is 2.07 bits per heavy atom. The van der Waals surface area contributed by atoms with E-state index < -0.39 is 22.8 Å². The Kier molecular flexibility index (Phi) is 3.22. The fourth-order valence-electron chi connectivity index (χ4n) is 0.798. The monoisotopic (exact) mass is 224 g/mol. The Morgan fingerprint density at radius 3 is 2.43 bits per heavy atom. The molecule has 1 heterocycles. The van der Waals surface area contributed by atoms with Crippen molar-refractivity contribution in [2.45, 2.75) is 11.9 Å². The molecule has 0 radical (unpaired) electrons. The molecule has 3 nitrogen and oxygen atoms in total. The van der Waals surface area contributed by atoms with Crippen LogP contribution in [-0.4, -0.2) is 13.7 Å². The fourth-order valence-corrected chi connectivity index (χ4v) is 1.21. The van der Waals surface area contributed by atoms with Crippen molar-refractivity contribution in [1.29, 1.82) is 0 Å². The topological polar surface area (TPSA) is 53.0 Å². The van der Waals surface area contributed by atoms with Gasteiger partial charge >= 0.3 is 6.18 Å². The summed E-state index contributed by atoms with van der Waals surface area (Å²) in [6.45, 7) is 0. The number of aromatic nitrogens is 1. The third-order valence-electron chi connectivity index (χ3n) is 1.42. The molecule has 0 spiro atoms. The molecule has 0 aliphatic carbocycles. The highest BCUT2D eigenvalue weighted by Gasteiger charge is 2.30. The van der Waals surface area contributed by atoms with Crippen LogP contribution in [0.15, 0.2) is 18.3 Å². The second kappa shape index (κ2) is 4.05. The van der Waals surface area contributed by atoms with E-state index in [0.717, 1.165) is 12.1 Å². The highest BCUT2D eigenvalue weighted by Crippen LogP contribution is 2.28. The smallest absolute Gasteiger partial charge is 0.417 e. The molecule has 7 heteroatoms. The SMILES string of the molecule is O=S([O-])Cc1ccc(C(F)(F)F)cn1. The molecule has 0 amide bonds. The van der Waals surface area contributed by atoms with Crippen molar-refractivity contribution in [1.82, 2.24) is 4.98 Å². The maximum atomic E-state index is 12.0. The van der Waals surface area contributed by atoms with E-state index in [2.05, 4.69) is 4.98 Å². The van der Waals surface area contributed by atoms with E-state index in [1.54, 1.807) is 0 Å². The second-order valence-electron chi connectivity index (χ2n) is 2.48. The number of halogens is 3. The third kappa shape index (κ3) is 3.08. The van der Waals surface area contributed by atoms with Crippen molar-refractivity contribution >= 4 is 11.1 Å². The van der Waals surface area contributed by atoms with Gasteiger partial charge in [0.25, 0.3) is 0 Å². The summed E-state index contributed by atoms with van der Waals surface area (Å²) in [5.41, 5.74) is -0.802. The highest BCUT2D eigenvalue weighted by molar-refractivity contribution is 7.78. The van der Waals surface area contributed by atoms with Gasteiger partial charge in [0, 0.05) is 6.20 Å². The van der Waals surface area contributed by atoms with Crippen molar-refractivity contribution in [3.8, 4) is 0 Å². The van der Waals surface area contributed by atoms with Crippen molar-refractivity contribution in [3.05, 3.63) is 29.6 Å². The molecule has 0 aliphatic rings. The molecule has 1 atom stereocenters. The van der Waals surface area contributed by atoms with Crippen LogP contribution in [0, 0.1) is 0 Å². The predicted octanol–water partition coefficient (Wildman–Crippen LogP) is 1.48. The van der Waals surface area contributed by atoms with Crippen LogP contribution in [0.25, 0.3) is 0 Å². The number of hydrogen-bond acceptors (Lipinski definition) is 3. The van der Waals surface area contributed by atoms with E-state index in [9.17, 15) is 21.9 Å². The molecule has 0 fully saturated rings. The van der Waals surface area contributed by atoms with Gasteiger partial charge in [0.15, 0.2) is 0 Å². The van der Waals surface area contributed by atoms with Crippen LogP contribution in [0.4, 0.5) is 13.2 Å². The molecule has 0 aliphatic heterocycles. The summed E-state index contributed by atoms with van der Waals surface area (Å²) >= 11 is -2.34. The zero-order chi connectivity index (χ0) is 10.8. The van der Waals surface area contributed by atoms with Gasteiger partial charge in [0.1, 0.15) is 0 Å². The van der Waals surface area contributed by atoms with E-state index in [1.807, 2.05) is 0 Å². The molecule has 1 rings (SSSR count). The Bertz CT molecular complexity index is 336. The zero-order valence-corrected chi connectivity index (χ0v) is 7.56. The van der Waals surface area contributed by atoms with Gasteiger partial charge in [-0.1, -0.05) is 0 Å². The second-order valence-corrected chi connectivity index (χ2v) is 3.38. The fraction of sp³-hybridized carbons (Fsp3) is 0.286. The van der Waals surface area contributed by atoms with Crippen molar-refractivity contribution in [2.75, 3.05) is 0 Å². The van der Waals surface area contributed by atoms with Crippen LogP contribution in [-0.2, 0) is 23.0 Å². The quantitative estimate of drug-likeness (QED) is 0.715. The van der Waals surface area contributed by atoms with Crippen molar-refractivity contribution < 1.29 is 21.9 Å². The molecule has 0 N–H and O–H groups in total. The van der Waals surface area contributed by atoms with E-state index in [-0.39, 0.29) is 11.4 Å². The maximum absolute atomic E-state index is 12.0. The predicted molar refractivity (Wildman–Crippen MR) is 41.9 cm³/mol. The average Bonchev–Trinajstić information content (AvgIpc) is 2.02. The summed E-state index contributed by atoms with van der Waals surface area (Å²) in [5.74, 6) is -0.377. The summed E-state index contributed by atoms with van der Waals surface area (Å²) in [7, 11) is 0. The molecule has 14 heavy (non-hydrogen) atoms. The lowest BCUT2D eigenvalue weighted by Gasteiger charge is -2.07. The first-order chi connectivity index (χ1) is 6.39. The number of hydrogen-bond donors (Lipinski definition) is 0. The minimum Gasteiger partial charge on any atom is -0.772 e. The van der Waals surface area contributed by atoms with Crippen LogP contribution in [0.2, 0.25) is 0 Å². The van der Waals surface area contributed by atoms with Gasteiger partial charge in [-0.25, -0.2) is 0 Å². The standard InChI is InChI=1S/C7H6F3NO2S/c8-7(9,10)5-1-2-6(11-3-5)4-14(12)13/h1-3H,4H2,(H,12,13)/p-1. The van der Waals surface area contributed by atoms with E-state index in [0.29, 0.717) is 6.20 Å². The first kappa shape index (κ1) is 11.1. The normalized spacial score (nSPS) is 14.0. The maximum Gasteiger partial charge on any atom is 0.417 e. The van der Waals surface area contributed by atoms with E-state index in [4.69, 9.17) is 0 Å². The summed E-state index contributed by atoms with van der Waals surface area (Å²) in [6, 6.07) is 1.84. The van der Waals surface area contributed by atoms with Gasteiger partial charge in [-0.3, -0.25) is 9.19 Å². The summed E-state index contributed by atoms with van der Waals surface area (Å²) in [4.78, 5) is 3.37. The number of rotatable bonds is 2. The van der Waals surface area contributed by atoms with Crippen LogP contribution in [0.5, 0.6) is 0 Å². The summed E-state index contributed by atoms with van der Waals surface area (Å²) < 4.78 is 56.4. The van der Waals surface area contributed by atoms with Crippen LogP contribution < -0.4 is 0 Å². The Balaban J connectivity index is 2.84. The van der Waals surface area contributed by atoms with Gasteiger partial charge in [0.05, 0.1) is 17.0 Å². The van der Waals surface area contributed by atoms with Gasteiger partial charge in [0.2, 0.25) is 0 Å². The number of alkyl halides is 3. The van der Waals surface area contributed by atoms with Crippen molar-refractivity contribution in [3.63, 3.8) is 0 Å². The van der Waals surface area contributed by atoms with Gasteiger partial charge in [-0.05, 0) is 23.2 Å². The van der Waals surface area contributed by atoms with Gasteiger partial charge in [-0.15, -0.1) is 0 Å². The molecular formula is C7H5F3NO2S-. The molecule has 0 bridgehead atoms. The molecule has 0 saturated carbocycles. The molecular weight excluding hydrogens is 219 g/mol. The summed E-state index contributed by atoms with van der Waals surface area (Å²) in [5, 5.41) is 0. The first-order valence-electron chi connectivity index (χ1n) is 3.47. The third-order valence-corrected chi connectivity index (χ3v) is 1.95. The number of pyridine rings is 1. The minimum atomic E-state index is -4.44. The molecule has 1 unspecified atom stereocenters. The molecule has 1 aromatic rings. The van der Waals surface area contributed by atoms with Gasteiger partial charge in [-0.2, -0.15) is 13.2 Å². The lowest BCUT2D eigenvalue weighted by atomic mass is 10.2. The average molecular weight is 224 g/mol.